The number of carbonyl (C=O) groups is 1. The number of aryl methyl sites for hydroxylation is 1. The Morgan fingerprint density at radius 1 is 0.793 bits per heavy atom. The summed E-state index contributed by atoms with van der Waals surface area (Å²) in [6.45, 7) is 0. The Morgan fingerprint density at radius 3 is 2.28 bits per heavy atom. The van der Waals surface area contributed by atoms with Crippen LogP contribution in [-0.4, -0.2) is 15.6 Å². The lowest BCUT2D eigenvalue weighted by molar-refractivity contribution is 0.102. The molecule has 0 amide bonds. The third-order valence-corrected chi connectivity index (χ3v) is 5.36. The van der Waals surface area contributed by atoms with Crippen LogP contribution < -0.4 is 0 Å². The van der Waals surface area contributed by atoms with Gasteiger partial charge in [-0.15, -0.1) is 0 Å². The maximum absolute atomic E-state index is 13.1. The zero-order valence-corrected chi connectivity index (χ0v) is 16.0. The Kier molecular flexibility index (Phi) is 4.41. The summed E-state index contributed by atoms with van der Waals surface area (Å²) in [6.07, 6.45) is 5.67. The highest BCUT2D eigenvalue weighted by Gasteiger charge is 2.22. The number of Topliss-reactive ketones (excluding diaryl/α,β-unsaturated/α-hetero) is 1. The van der Waals surface area contributed by atoms with Crippen LogP contribution in [0.4, 0.5) is 0 Å². The van der Waals surface area contributed by atoms with Crippen molar-refractivity contribution in [1.29, 1.82) is 0 Å². The molecule has 0 saturated heterocycles. The number of fused-ring (bicyclic) bond motifs is 1. The summed E-state index contributed by atoms with van der Waals surface area (Å²) in [7, 11) is 0. The van der Waals surface area contributed by atoms with Crippen molar-refractivity contribution < 1.29 is 4.79 Å². The van der Waals surface area contributed by atoms with Gasteiger partial charge in [0.15, 0.2) is 5.78 Å². The maximum atomic E-state index is 13.1. The second-order valence-electron chi connectivity index (χ2n) is 7.24. The number of rotatable bonds is 3. The highest BCUT2D eigenvalue weighted by molar-refractivity contribution is 6.13. The minimum absolute atomic E-state index is 0.123. The lowest BCUT2D eigenvalue weighted by Crippen LogP contribution is -2.13. The largest absolute Gasteiger partial charge is 0.289 e. The number of nitrogens with zero attached hydrogens (tertiary/aromatic N) is 2. The number of hydrogen-bond acceptors (Lipinski definition) is 2. The van der Waals surface area contributed by atoms with Crippen LogP contribution in [0.15, 0.2) is 96.7 Å². The summed E-state index contributed by atoms with van der Waals surface area (Å²) in [4.78, 5) is 13.1. The first-order chi connectivity index (χ1) is 14.3. The van der Waals surface area contributed by atoms with Gasteiger partial charge in [-0.2, -0.15) is 5.10 Å². The summed E-state index contributed by atoms with van der Waals surface area (Å²) >= 11 is 0. The van der Waals surface area contributed by atoms with Gasteiger partial charge in [-0.05, 0) is 36.6 Å². The molecule has 1 heterocycles. The summed E-state index contributed by atoms with van der Waals surface area (Å²) in [5.41, 5.74) is 6.68. The average molecular weight is 376 g/mol. The van der Waals surface area contributed by atoms with E-state index < -0.39 is 0 Å². The summed E-state index contributed by atoms with van der Waals surface area (Å²) in [5, 5.41) is 4.85. The van der Waals surface area contributed by atoms with Gasteiger partial charge in [0.25, 0.3) is 0 Å². The predicted molar refractivity (Wildman–Crippen MR) is 116 cm³/mol. The average Bonchev–Trinajstić information content (AvgIpc) is 3.21. The first-order valence-electron chi connectivity index (χ1n) is 9.83. The fraction of sp³-hybridized carbons (Fsp3) is 0.0769. The standard InChI is InChI=1S/C26H20N2O/c29-26-21(16-15-19-9-7-8-14-24(19)26)17-22-18-28(23-12-5-2-6-13-23)27-25(22)20-10-3-1-4-11-20/h1-14,17-18H,15-16H2/b21-17-. The Labute approximate surface area is 170 Å². The monoisotopic (exact) mass is 376 g/mol. The molecule has 0 unspecified atom stereocenters. The van der Waals surface area contributed by atoms with Crippen molar-refractivity contribution in [2.24, 2.45) is 0 Å². The summed E-state index contributed by atoms with van der Waals surface area (Å²) in [6, 6.07) is 28.1. The van der Waals surface area contributed by atoms with E-state index in [-0.39, 0.29) is 5.78 Å². The maximum Gasteiger partial charge on any atom is 0.189 e. The quantitative estimate of drug-likeness (QED) is 0.427. The van der Waals surface area contributed by atoms with Gasteiger partial charge in [-0.25, -0.2) is 4.68 Å². The van der Waals surface area contributed by atoms with E-state index in [1.165, 1.54) is 0 Å². The molecular formula is C26H20N2O. The fourth-order valence-corrected chi connectivity index (χ4v) is 3.87. The van der Waals surface area contributed by atoms with Crippen molar-refractivity contribution in [3.05, 3.63) is 113 Å². The van der Waals surface area contributed by atoms with Crippen molar-refractivity contribution in [3.63, 3.8) is 0 Å². The Balaban J connectivity index is 1.62. The van der Waals surface area contributed by atoms with Gasteiger partial charge in [0, 0.05) is 28.5 Å². The lowest BCUT2D eigenvalue weighted by Gasteiger charge is -2.17. The topological polar surface area (TPSA) is 34.9 Å². The van der Waals surface area contributed by atoms with Crippen molar-refractivity contribution in [2.45, 2.75) is 12.8 Å². The molecule has 1 aromatic heterocycles. The van der Waals surface area contributed by atoms with Gasteiger partial charge in [0.1, 0.15) is 0 Å². The van der Waals surface area contributed by atoms with Crippen LogP contribution in [0.3, 0.4) is 0 Å². The van der Waals surface area contributed by atoms with Crippen molar-refractivity contribution in [3.8, 4) is 16.9 Å². The second-order valence-corrected chi connectivity index (χ2v) is 7.24. The Hall–Kier alpha value is -3.72. The molecule has 3 heteroatoms. The number of hydrogen-bond donors (Lipinski definition) is 0. The first-order valence-corrected chi connectivity index (χ1v) is 9.83. The van der Waals surface area contributed by atoms with Crippen molar-refractivity contribution in [1.82, 2.24) is 9.78 Å². The molecular weight excluding hydrogens is 356 g/mol. The highest BCUT2D eigenvalue weighted by Crippen LogP contribution is 2.30. The molecule has 140 valence electrons. The molecule has 4 aromatic rings. The molecule has 29 heavy (non-hydrogen) atoms. The number of aromatic nitrogens is 2. The molecule has 3 nitrogen and oxygen atoms in total. The van der Waals surface area contributed by atoms with Crippen LogP contribution >= 0.6 is 0 Å². The minimum Gasteiger partial charge on any atom is -0.289 e. The molecule has 1 aliphatic rings. The zero-order valence-electron chi connectivity index (χ0n) is 16.0. The van der Waals surface area contributed by atoms with E-state index in [2.05, 4.69) is 12.1 Å². The molecule has 3 aromatic carbocycles. The van der Waals surface area contributed by atoms with Gasteiger partial charge in [-0.3, -0.25) is 4.79 Å². The fourth-order valence-electron chi connectivity index (χ4n) is 3.87. The number of para-hydroxylation sites is 1. The van der Waals surface area contributed by atoms with E-state index in [4.69, 9.17) is 5.10 Å². The van der Waals surface area contributed by atoms with Gasteiger partial charge >= 0.3 is 0 Å². The van der Waals surface area contributed by atoms with Crippen LogP contribution in [0.2, 0.25) is 0 Å². The molecule has 0 atom stereocenters. The Bertz CT molecular complexity index is 1200. The Morgan fingerprint density at radius 2 is 1.48 bits per heavy atom. The lowest BCUT2D eigenvalue weighted by atomic mass is 9.86. The number of ketones is 1. The molecule has 1 aliphatic carbocycles. The van der Waals surface area contributed by atoms with Crippen molar-refractivity contribution in [2.75, 3.05) is 0 Å². The van der Waals surface area contributed by atoms with Gasteiger partial charge in [0.2, 0.25) is 0 Å². The van der Waals surface area contributed by atoms with E-state index in [9.17, 15) is 4.79 Å². The van der Waals surface area contributed by atoms with Crippen molar-refractivity contribution >= 4 is 11.9 Å². The summed E-state index contributed by atoms with van der Waals surface area (Å²) < 4.78 is 1.88. The number of benzene rings is 3. The first kappa shape index (κ1) is 17.4. The molecule has 0 fully saturated rings. The normalized spacial score (nSPS) is 14.8. The molecule has 0 spiro atoms. The van der Waals surface area contributed by atoms with Crippen LogP contribution in [0, 0.1) is 0 Å². The SMILES string of the molecule is O=C1/C(=C\c2cn(-c3ccccc3)nc2-c2ccccc2)CCc2ccccc21. The van der Waals surface area contributed by atoms with E-state index in [1.54, 1.807) is 0 Å². The molecule has 0 saturated carbocycles. The second kappa shape index (κ2) is 7.36. The highest BCUT2D eigenvalue weighted by atomic mass is 16.1. The van der Waals surface area contributed by atoms with E-state index in [0.717, 1.165) is 52.0 Å². The van der Waals surface area contributed by atoms with Gasteiger partial charge in [-0.1, -0.05) is 72.8 Å². The molecule has 5 rings (SSSR count). The van der Waals surface area contributed by atoms with E-state index in [1.807, 2.05) is 89.8 Å². The van der Waals surface area contributed by atoms with Crippen LogP contribution in [-0.2, 0) is 6.42 Å². The smallest absolute Gasteiger partial charge is 0.189 e. The van der Waals surface area contributed by atoms with Gasteiger partial charge < -0.3 is 0 Å². The zero-order chi connectivity index (χ0) is 19.6. The molecule has 0 aliphatic heterocycles. The predicted octanol–water partition coefficient (Wildman–Crippen LogP) is 5.75. The third-order valence-electron chi connectivity index (χ3n) is 5.36. The van der Waals surface area contributed by atoms with Crippen LogP contribution in [0.1, 0.15) is 27.9 Å². The summed E-state index contributed by atoms with van der Waals surface area (Å²) in [5.74, 6) is 0.123. The van der Waals surface area contributed by atoms with Crippen LogP contribution in [0.5, 0.6) is 0 Å². The van der Waals surface area contributed by atoms with Crippen LogP contribution in [0.25, 0.3) is 23.0 Å². The van der Waals surface area contributed by atoms with Gasteiger partial charge in [0.05, 0.1) is 11.4 Å². The minimum atomic E-state index is 0.123. The number of allylic oxidation sites excluding steroid dienone is 1. The van der Waals surface area contributed by atoms with E-state index in [0.29, 0.717) is 0 Å². The molecule has 0 radical (unpaired) electrons. The number of carbonyl (C=O) groups excluding carboxylic acids is 1. The van der Waals surface area contributed by atoms with E-state index >= 15 is 0 Å². The molecule has 0 N–H and O–H groups in total. The third kappa shape index (κ3) is 3.32. The molecule has 0 bridgehead atoms.